The summed E-state index contributed by atoms with van der Waals surface area (Å²) in [5.74, 6) is 1.08. The van der Waals surface area contributed by atoms with Gasteiger partial charge in [0.2, 0.25) is 0 Å². The van der Waals surface area contributed by atoms with Crippen LogP contribution in [-0.4, -0.2) is 49.7 Å². The molecule has 0 radical (unpaired) electrons. The van der Waals surface area contributed by atoms with Crippen molar-refractivity contribution in [3.63, 3.8) is 0 Å². The molecule has 168 valence electrons. The Kier molecular flexibility index (Phi) is 6.75. The molecule has 0 spiro atoms. The number of ketones is 1. The van der Waals surface area contributed by atoms with Crippen molar-refractivity contribution >= 4 is 34.8 Å². The van der Waals surface area contributed by atoms with Crippen LogP contribution in [0, 0.1) is 0 Å². The first kappa shape index (κ1) is 22.6. The number of ether oxygens (including phenoxy) is 1. The van der Waals surface area contributed by atoms with Gasteiger partial charge in [0.1, 0.15) is 11.6 Å². The monoisotopic (exact) mass is 461 g/mol. The van der Waals surface area contributed by atoms with Crippen LogP contribution in [0.15, 0.2) is 71.7 Å². The molecule has 7 heteroatoms. The van der Waals surface area contributed by atoms with Crippen LogP contribution in [-0.2, 0) is 6.42 Å². The Hall–Kier alpha value is -3.64. The third-order valence-corrected chi connectivity index (χ3v) is 5.79. The second-order valence-electron chi connectivity index (χ2n) is 7.79. The van der Waals surface area contributed by atoms with Crippen LogP contribution >= 0.6 is 11.6 Å². The van der Waals surface area contributed by atoms with E-state index in [1.54, 1.807) is 42.5 Å². The molecule has 0 bridgehead atoms. The van der Waals surface area contributed by atoms with E-state index < -0.39 is 0 Å². The van der Waals surface area contributed by atoms with E-state index in [1.807, 2.05) is 31.3 Å². The number of halogens is 1. The van der Waals surface area contributed by atoms with Gasteiger partial charge in [-0.2, -0.15) is 0 Å². The number of hydrogen-bond donors (Lipinski definition) is 1. The lowest BCUT2D eigenvalue weighted by Crippen LogP contribution is -2.23. The maximum Gasteiger partial charge on any atom is 0.256 e. The Balaban J connectivity index is 1.54. The van der Waals surface area contributed by atoms with E-state index in [4.69, 9.17) is 16.3 Å². The molecule has 1 aliphatic rings. The molecule has 1 amide bonds. The molecule has 33 heavy (non-hydrogen) atoms. The van der Waals surface area contributed by atoms with Gasteiger partial charge in [-0.3, -0.25) is 14.6 Å². The first-order chi connectivity index (χ1) is 15.9. The highest BCUT2D eigenvalue weighted by Gasteiger charge is 2.18. The molecule has 1 heterocycles. The smallest absolute Gasteiger partial charge is 0.256 e. The summed E-state index contributed by atoms with van der Waals surface area (Å²) in [4.78, 5) is 32.6. The average Bonchev–Trinajstić information content (AvgIpc) is 3.26. The Bertz CT molecular complexity index is 1200. The zero-order valence-corrected chi connectivity index (χ0v) is 19.2. The maximum atomic E-state index is 13.0. The lowest BCUT2D eigenvalue weighted by molar-refractivity contribution is 0.0992. The van der Waals surface area contributed by atoms with E-state index in [0.29, 0.717) is 33.1 Å². The molecule has 3 aromatic carbocycles. The zero-order chi connectivity index (χ0) is 23.4. The maximum absolute atomic E-state index is 13.0. The highest BCUT2D eigenvalue weighted by atomic mass is 35.5. The third-order valence-electron chi connectivity index (χ3n) is 5.54. The van der Waals surface area contributed by atoms with Gasteiger partial charge < -0.3 is 15.0 Å². The lowest BCUT2D eigenvalue weighted by Gasteiger charge is -2.14. The van der Waals surface area contributed by atoms with Crippen molar-refractivity contribution in [1.29, 1.82) is 0 Å². The molecule has 0 atom stereocenters. The number of aliphatic imine (C=N–C) groups is 1. The molecular formula is C26H24ClN3O3. The van der Waals surface area contributed by atoms with Crippen LogP contribution in [0.1, 0.15) is 31.8 Å². The van der Waals surface area contributed by atoms with Crippen LogP contribution in [0.2, 0.25) is 5.02 Å². The van der Waals surface area contributed by atoms with E-state index in [-0.39, 0.29) is 18.1 Å². The van der Waals surface area contributed by atoms with Gasteiger partial charge in [0, 0.05) is 47.4 Å². The number of nitrogens with zero attached hydrogens (tertiary/aromatic N) is 2. The summed E-state index contributed by atoms with van der Waals surface area (Å²) in [5.41, 5.74) is 3.19. The summed E-state index contributed by atoms with van der Waals surface area (Å²) in [6.45, 7) is 1.68. The van der Waals surface area contributed by atoms with Crippen molar-refractivity contribution in [2.45, 2.75) is 6.42 Å². The number of carbonyl (C=O) groups is 2. The fourth-order valence-corrected chi connectivity index (χ4v) is 3.83. The van der Waals surface area contributed by atoms with Gasteiger partial charge >= 0.3 is 0 Å². The van der Waals surface area contributed by atoms with Crippen LogP contribution in [0.4, 0.5) is 5.69 Å². The summed E-state index contributed by atoms with van der Waals surface area (Å²) in [7, 11) is 3.54. The third kappa shape index (κ3) is 5.23. The number of anilines is 1. The lowest BCUT2D eigenvalue weighted by atomic mass is 9.97. The van der Waals surface area contributed by atoms with E-state index in [9.17, 15) is 9.59 Å². The number of methoxy groups -OCH3 is 1. The van der Waals surface area contributed by atoms with Crippen LogP contribution in [0.5, 0.6) is 5.75 Å². The molecule has 0 aromatic heterocycles. The second-order valence-corrected chi connectivity index (χ2v) is 8.22. The fraction of sp³-hybridized carbons (Fsp3) is 0.192. The fourth-order valence-electron chi connectivity index (χ4n) is 3.70. The SMILES string of the molecule is COc1ccc(CC(=O)c2ccc(C3=NCCN3C)cc2)c(C(=O)Nc2ccc(Cl)cc2)c1. The molecule has 6 nitrogen and oxygen atoms in total. The molecule has 0 saturated carbocycles. The predicted octanol–water partition coefficient (Wildman–Crippen LogP) is 4.72. The Morgan fingerprint density at radius 3 is 2.42 bits per heavy atom. The number of likely N-dealkylation sites (N-methyl/N-ethyl adjacent to an activating group) is 1. The first-order valence-electron chi connectivity index (χ1n) is 10.6. The second kappa shape index (κ2) is 9.88. The summed E-state index contributed by atoms with van der Waals surface area (Å²) in [6, 6.07) is 19.4. The van der Waals surface area contributed by atoms with Crippen molar-refractivity contribution in [1.82, 2.24) is 4.90 Å². The zero-order valence-electron chi connectivity index (χ0n) is 18.5. The topological polar surface area (TPSA) is 71.0 Å². The standard InChI is InChI=1S/C26H24ClN3O3/c1-30-14-13-28-25(30)18-5-3-17(4-6-18)24(31)15-19-7-12-22(33-2)16-23(19)26(32)29-21-10-8-20(27)9-11-21/h3-12,16H,13-15H2,1-2H3,(H,29,32). The minimum atomic E-state index is -0.323. The van der Waals surface area contributed by atoms with Gasteiger partial charge in [-0.15, -0.1) is 0 Å². The number of amidine groups is 1. The summed E-state index contributed by atoms with van der Waals surface area (Å²) in [5, 5.41) is 3.43. The normalized spacial score (nSPS) is 12.9. The summed E-state index contributed by atoms with van der Waals surface area (Å²) < 4.78 is 5.29. The molecule has 4 rings (SSSR count). The quantitative estimate of drug-likeness (QED) is 0.517. The van der Waals surface area contributed by atoms with Crippen LogP contribution in [0.25, 0.3) is 0 Å². The number of benzene rings is 3. The van der Waals surface area contributed by atoms with Crippen LogP contribution in [0.3, 0.4) is 0 Å². The van der Waals surface area contributed by atoms with Gasteiger partial charge in [-0.25, -0.2) is 0 Å². The van der Waals surface area contributed by atoms with E-state index in [1.165, 1.54) is 7.11 Å². The summed E-state index contributed by atoms with van der Waals surface area (Å²) in [6.07, 6.45) is 0.0908. The number of carbonyl (C=O) groups excluding carboxylic acids is 2. The number of Topliss-reactive ketones (excluding diaryl/α,β-unsaturated/α-hetero) is 1. The van der Waals surface area contributed by atoms with Gasteiger partial charge in [0.15, 0.2) is 5.78 Å². The van der Waals surface area contributed by atoms with Gasteiger partial charge in [0.25, 0.3) is 5.91 Å². The summed E-state index contributed by atoms with van der Waals surface area (Å²) >= 11 is 5.92. The molecule has 1 N–H and O–H groups in total. The highest BCUT2D eigenvalue weighted by molar-refractivity contribution is 6.30. The molecule has 0 unspecified atom stereocenters. The molecule has 0 fully saturated rings. The number of nitrogens with one attached hydrogen (secondary N) is 1. The van der Waals surface area contributed by atoms with Gasteiger partial charge in [0.05, 0.1) is 13.7 Å². The Morgan fingerprint density at radius 1 is 1.06 bits per heavy atom. The first-order valence-corrected chi connectivity index (χ1v) is 11.0. The average molecular weight is 462 g/mol. The molecule has 1 aliphatic heterocycles. The number of hydrogen-bond acceptors (Lipinski definition) is 5. The van der Waals surface area contributed by atoms with E-state index in [0.717, 1.165) is 24.5 Å². The molecule has 0 saturated heterocycles. The van der Waals surface area contributed by atoms with Crippen molar-refractivity contribution in [3.05, 3.63) is 94.0 Å². The Labute approximate surface area is 197 Å². The molecule has 0 aliphatic carbocycles. The minimum Gasteiger partial charge on any atom is -0.497 e. The molecule has 3 aromatic rings. The van der Waals surface area contributed by atoms with E-state index >= 15 is 0 Å². The number of amides is 1. The Morgan fingerprint density at radius 2 is 1.79 bits per heavy atom. The predicted molar refractivity (Wildman–Crippen MR) is 131 cm³/mol. The van der Waals surface area contributed by atoms with Gasteiger partial charge in [-0.1, -0.05) is 41.9 Å². The minimum absolute atomic E-state index is 0.0750. The highest BCUT2D eigenvalue weighted by Crippen LogP contribution is 2.22. The van der Waals surface area contributed by atoms with Crippen molar-refractivity contribution in [2.24, 2.45) is 4.99 Å². The van der Waals surface area contributed by atoms with Crippen LogP contribution < -0.4 is 10.1 Å². The largest absolute Gasteiger partial charge is 0.497 e. The van der Waals surface area contributed by atoms with Crippen molar-refractivity contribution in [3.8, 4) is 5.75 Å². The molecular weight excluding hydrogens is 438 g/mol. The van der Waals surface area contributed by atoms with Gasteiger partial charge in [-0.05, 0) is 42.0 Å². The van der Waals surface area contributed by atoms with E-state index in [2.05, 4.69) is 15.2 Å². The van der Waals surface area contributed by atoms with Crippen molar-refractivity contribution in [2.75, 3.05) is 32.6 Å². The van der Waals surface area contributed by atoms with Crippen molar-refractivity contribution < 1.29 is 14.3 Å². The number of rotatable bonds is 7.